The zero-order chi connectivity index (χ0) is 78.3. The second-order valence-corrected chi connectivity index (χ2v) is 29.7. The molecule has 0 spiro atoms. The molecule has 15 aromatic heterocycles. The van der Waals surface area contributed by atoms with Gasteiger partial charge < -0.3 is 24.4 Å². The summed E-state index contributed by atoms with van der Waals surface area (Å²) in [6.07, 6.45) is 8.77. The van der Waals surface area contributed by atoms with Gasteiger partial charge in [0.1, 0.15) is 50.6 Å². The Kier molecular flexibility index (Phi) is 18.4. The second kappa shape index (κ2) is 30.1. The predicted molar refractivity (Wildman–Crippen MR) is 464 cm³/mol. The number of H-pyrrole nitrogens is 4. The van der Waals surface area contributed by atoms with Crippen molar-refractivity contribution in [1.82, 2.24) is 64.8 Å². The van der Waals surface area contributed by atoms with Gasteiger partial charge in [0.05, 0.1) is 59.5 Å². The van der Waals surface area contributed by atoms with E-state index in [1.807, 2.05) is 188 Å². The number of fused-ring (bicyclic) bond motifs is 10. The van der Waals surface area contributed by atoms with Crippen molar-refractivity contribution in [2.24, 2.45) is 0 Å². The maximum Gasteiger partial charge on any atom is 0.250 e. The normalized spacial score (nSPS) is 11.3. The van der Waals surface area contributed by atoms with Crippen molar-refractivity contribution in [2.45, 2.75) is 6.92 Å². The minimum atomic E-state index is -0.343. The number of aromatic nitrogens is 13. The molecule has 0 amide bonds. The highest BCUT2D eigenvalue weighted by molar-refractivity contribution is 7.21. The zero-order valence-electron chi connectivity index (χ0n) is 61.3. The molecule has 0 bridgehead atoms. The van der Waals surface area contributed by atoms with Crippen LogP contribution in [0.15, 0.2) is 334 Å². The number of nitrogens with one attached hydrogen (secondary N) is 4. The monoisotopic (exact) mass is 1540 g/mol. The van der Waals surface area contributed by atoms with Crippen molar-refractivity contribution in [3.05, 3.63) is 362 Å². The third-order valence-electron chi connectivity index (χ3n) is 19.9. The van der Waals surface area contributed by atoms with Gasteiger partial charge in [-0.3, -0.25) is 39.1 Å². The van der Waals surface area contributed by atoms with Crippen LogP contribution in [0.1, 0.15) is 10.4 Å². The summed E-state index contributed by atoms with van der Waals surface area (Å²) in [5.41, 5.74) is 18.9. The van der Waals surface area contributed by atoms with Crippen molar-refractivity contribution in [3.63, 3.8) is 0 Å². The first-order chi connectivity index (χ1) is 56.9. The Bertz CT molecular complexity index is 7840. The standard InChI is InChI=1S/C25H15N3O2.C24H14N4OS.C24H14N4O.C22H15N3OS/c29-23-10-8-18-13-19(15-7-9-20-16(12-15)5-3-11-26-20)24(28-25(18)27-23)22-14-17-4-1-2-6-21(17)30-22;29-20-9-11-26-23-17(20)13-16(14-7-8-18-15(12-14)4-3-10-25-18)22(28-23)24-27-19-5-1-2-6-21(19)30-24;25-14-18-12-22(29)27-24-20(18)13-19(23(28-24)15-5-2-1-3-6-15)16-8-9-21-17(11-16)7-4-10-26-21;1-13-4-8-19(27-13)21-17(12-16-6-9-20(26)24-22(16)25-21)14-5-7-18-15(11-14)3-2-10-23-18/h1-14H,(H,27,28,29);1-13H,(H,26,28,29);1-13H,(H,27,28,29);2-12H,1H3,(H,24,25,26). The number of thiazole rings is 1. The lowest BCUT2D eigenvalue weighted by atomic mass is 9.96. The number of hydrogen-bond donors (Lipinski definition) is 4. The van der Waals surface area contributed by atoms with E-state index in [1.54, 1.807) is 59.7 Å². The molecule has 22 aromatic rings. The number of pyridine rings is 12. The summed E-state index contributed by atoms with van der Waals surface area (Å²) in [6.45, 7) is 2.08. The Balaban J connectivity index is 0.000000103. The maximum absolute atomic E-state index is 12.5. The highest BCUT2D eigenvalue weighted by atomic mass is 32.1. The first-order valence-electron chi connectivity index (χ1n) is 36.9. The van der Waals surface area contributed by atoms with Crippen LogP contribution in [-0.2, 0) is 0 Å². The topological polar surface area (TPSA) is 284 Å². The number of nitrogens with zero attached hydrogens (tertiary/aromatic N) is 10. The Morgan fingerprint density at radius 2 is 0.853 bits per heavy atom. The first kappa shape index (κ1) is 70.6. The van der Waals surface area contributed by atoms with Gasteiger partial charge in [0.15, 0.2) is 11.2 Å². The van der Waals surface area contributed by atoms with Gasteiger partial charge in [-0.1, -0.05) is 109 Å². The lowest BCUT2D eigenvalue weighted by molar-refractivity contribution is 0.629. The number of rotatable bonds is 8. The molecule has 0 unspecified atom stereocenters. The summed E-state index contributed by atoms with van der Waals surface area (Å²) in [7, 11) is 0. The smallest absolute Gasteiger partial charge is 0.250 e. The van der Waals surface area contributed by atoms with Crippen LogP contribution in [0.2, 0.25) is 0 Å². The molecule has 0 fully saturated rings. The Labute approximate surface area is 665 Å². The third-order valence-corrected chi connectivity index (χ3v) is 22.0. The van der Waals surface area contributed by atoms with Gasteiger partial charge >= 0.3 is 0 Å². The van der Waals surface area contributed by atoms with E-state index in [0.29, 0.717) is 50.4 Å². The predicted octanol–water partition coefficient (Wildman–Crippen LogP) is 20.8. The molecule has 15 heterocycles. The van der Waals surface area contributed by atoms with Crippen molar-refractivity contribution in [1.29, 1.82) is 5.26 Å². The van der Waals surface area contributed by atoms with E-state index in [0.717, 1.165) is 153 Å². The van der Waals surface area contributed by atoms with Gasteiger partial charge in [0.2, 0.25) is 11.1 Å². The van der Waals surface area contributed by atoms with E-state index >= 15 is 0 Å². The van der Waals surface area contributed by atoms with Crippen LogP contribution >= 0.6 is 22.7 Å². The SMILES string of the molecule is Cc1ccc(-c2nc3[nH]c(=O)ccc3cc2-c2ccc3ncccc3c2)s1.N#Cc1cc(=O)[nH]c2nc(-c3ccccc3)c(-c3ccc4ncccc4c3)cc12.O=c1cc[nH]c2nc(-c3nc4ccccc4s3)c(-c3ccc4ncccc4c3)cc12.O=c1ccc2cc(-c3ccc4ncccc4c3)c(-c3cc4ccccc4o3)nc2[nH]1. The molecule has 0 saturated heterocycles. The van der Waals surface area contributed by atoms with Crippen molar-refractivity contribution in [2.75, 3.05) is 0 Å². The lowest BCUT2D eigenvalue weighted by Gasteiger charge is -2.12. The Morgan fingerprint density at radius 3 is 1.42 bits per heavy atom. The number of benzene rings is 7. The first-order valence-corrected chi connectivity index (χ1v) is 38.5. The number of thiophene rings is 1. The van der Waals surface area contributed by atoms with E-state index in [4.69, 9.17) is 29.3 Å². The average Bonchev–Trinajstić information content (AvgIpc) is 1.53. The van der Waals surface area contributed by atoms with Crippen molar-refractivity contribution in [3.8, 4) is 94.6 Å². The summed E-state index contributed by atoms with van der Waals surface area (Å²) in [4.78, 5) is 103. The summed E-state index contributed by atoms with van der Waals surface area (Å²) in [5.74, 6) is 0.657. The second-order valence-electron chi connectivity index (χ2n) is 27.4. The number of aryl methyl sites for hydroxylation is 1. The quantitative estimate of drug-likeness (QED) is 0.110. The summed E-state index contributed by atoms with van der Waals surface area (Å²) in [6, 6.07) is 91.8. The van der Waals surface area contributed by atoms with Gasteiger partial charge in [-0.15, -0.1) is 22.7 Å². The molecule has 22 rings (SSSR count). The van der Waals surface area contributed by atoms with Gasteiger partial charge in [-0.05, 0) is 175 Å². The number of nitriles is 1. The van der Waals surface area contributed by atoms with Gasteiger partial charge in [-0.2, -0.15) is 5.26 Å². The molecule has 0 aliphatic heterocycles. The fraction of sp³-hybridized carbons (Fsp3) is 0.0105. The Morgan fingerprint density at radius 1 is 0.353 bits per heavy atom. The molecular formula is C95H58N14O5S2. The molecule has 0 saturated carbocycles. The highest BCUT2D eigenvalue weighted by Crippen LogP contribution is 2.42. The minimum Gasteiger partial charge on any atom is -0.454 e. The number of aromatic amines is 4. The molecule has 21 heteroatoms. The van der Waals surface area contributed by atoms with E-state index in [1.165, 1.54) is 29.1 Å². The molecule has 0 radical (unpaired) electrons. The molecule has 7 aromatic carbocycles. The van der Waals surface area contributed by atoms with E-state index in [9.17, 15) is 24.4 Å². The minimum absolute atomic E-state index is 0.0594. The summed E-state index contributed by atoms with van der Waals surface area (Å²) in [5, 5.41) is 18.5. The number of hydrogen-bond acceptors (Lipinski definition) is 17. The van der Waals surface area contributed by atoms with Crippen LogP contribution in [0.3, 0.4) is 0 Å². The maximum atomic E-state index is 12.5. The molecule has 550 valence electrons. The fourth-order valence-corrected chi connectivity index (χ4v) is 16.2. The van der Waals surface area contributed by atoms with Gasteiger partial charge in [-0.25, -0.2) is 24.9 Å². The highest BCUT2D eigenvalue weighted by Gasteiger charge is 2.22. The largest absolute Gasteiger partial charge is 0.454 e. The van der Waals surface area contributed by atoms with Crippen LogP contribution < -0.4 is 22.1 Å². The molecular weight excluding hydrogens is 1480 g/mol. The van der Waals surface area contributed by atoms with Crippen molar-refractivity contribution < 1.29 is 4.42 Å². The fourth-order valence-electron chi connectivity index (χ4n) is 14.4. The average molecular weight is 1540 g/mol. The van der Waals surface area contributed by atoms with Gasteiger partial charge in [0, 0.05) is 131 Å². The molecule has 0 aliphatic carbocycles. The number of furan rings is 1. The summed E-state index contributed by atoms with van der Waals surface area (Å²) < 4.78 is 7.22. The lowest BCUT2D eigenvalue weighted by Crippen LogP contribution is -2.07. The van der Waals surface area contributed by atoms with Crippen LogP contribution in [-0.4, -0.2) is 64.8 Å². The van der Waals surface area contributed by atoms with Crippen LogP contribution in [0.25, 0.3) is 197 Å². The summed E-state index contributed by atoms with van der Waals surface area (Å²) >= 11 is 3.30. The molecule has 0 atom stereocenters. The zero-order valence-corrected chi connectivity index (χ0v) is 62.9. The van der Waals surface area contributed by atoms with Crippen molar-refractivity contribution >= 4 is 132 Å². The van der Waals surface area contributed by atoms with Crippen LogP contribution in [0.5, 0.6) is 0 Å². The van der Waals surface area contributed by atoms with Crippen LogP contribution in [0, 0.1) is 18.3 Å². The third kappa shape index (κ3) is 14.0. The molecule has 19 nitrogen and oxygen atoms in total. The van der Waals surface area contributed by atoms with E-state index < -0.39 is 0 Å². The van der Waals surface area contributed by atoms with Crippen LogP contribution in [0.4, 0.5) is 0 Å². The van der Waals surface area contributed by atoms with E-state index in [2.05, 4.69) is 114 Å². The molecule has 4 N–H and O–H groups in total. The Hall–Kier alpha value is -15.8. The van der Waals surface area contributed by atoms with Gasteiger partial charge in [0.25, 0.3) is 5.56 Å². The molecule has 116 heavy (non-hydrogen) atoms. The number of para-hydroxylation sites is 2. The molecule has 0 aliphatic rings. The van der Waals surface area contributed by atoms with E-state index in [-0.39, 0.29) is 22.1 Å².